The molecule has 0 aliphatic heterocycles. The highest BCUT2D eigenvalue weighted by Crippen LogP contribution is 2.39. The molecule has 0 bridgehead atoms. The number of nitrogens with one attached hydrogen (secondary N) is 1. The lowest BCUT2D eigenvalue weighted by Gasteiger charge is -2.35. The molecule has 15 heavy (non-hydrogen) atoms. The van der Waals surface area contributed by atoms with Gasteiger partial charge in [0.25, 0.3) is 0 Å². The number of hydrogen-bond acceptors (Lipinski definition) is 3. The van der Waals surface area contributed by atoms with Crippen LogP contribution in [0.4, 0.5) is 0 Å². The Morgan fingerprint density at radius 2 is 2.13 bits per heavy atom. The van der Waals surface area contributed by atoms with Crippen molar-refractivity contribution in [2.24, 2.45) is 5.92 Å². The summed E-state index contributed by atoms with van der Waals surface area (Å²) >= 11 is 0. The van der Waals surface area contributed by atoms with Gasteiger partial charge >= 0.3 is 0 Å². The molecule has 1 fully saturated rings. The first kappa shape index (κ1) is 12.5. The van der Waals surface area contributed by atoms with E-state index < -0.39 is 0 Å². The molecule has 0 aromatic rings. The smallest absolute Gasteiger partial charge is 0.122 e. The lowest BCUT2D eigenvalue weighted by Crippen LogP contribution is -2.54. The summed E-state index contributed by atoms with van der Waals surface area (Å²) in [5.41, 5.74) is -0.319. The van der Waals surface area contributed by atoms with Crippen molar-refractivity contribution in [1.29, 1.82) is 5.26 Å². The summed E-state index contributed by atoms with van der Waals surface area (Å²) in [4.78, 5) is 2.36. The van der Waals surface area contributed by atoms with E-state index in [0.29, 0.717) is 12.0 Å². The zero-order valence-electron chi connectivity index (χ0n) is 10.4. The molecular weight excluding hydrogens is 186 g/mol. The van der Waals surface area contributed by atoms with Crippen molar-refractivity contribution in [3.63, 3.8) is 0 Å². The van der Waals surface area contributed by atoms with Gasteiger partial charge in [0.05, 0.1) is 6.07 Å². The number of nitrogens with zero attached hydrogens (tertiary/aromatic N) is 2. The molecule has 1 rings (SSSR count). The van der Waals surface area contributed by atoms with Crippen LogP contribution in [0.15, 0.2) is 0 Å². The molecule has 3 nitrogen and oxygen atoms in total. The minimum absolute atomic E-state index is 0.319. The summed E-state index contributed by atoms with van der Waals surface area (Å²) in [6, 6.07) is 3.00. The summed E-state index contributed by atoms with van der Waals surface area (Å²) in [6.45, 7) is 8.39. The normalized spacial score (nSPS) is 20.3. The van der Waals surface area contributed by atoms with Crippen LogP contribution in [0.2, 0.25) is 0 Å². The zero-order chi connectivity index (χ0) is 11.5. The van der Waals surface area contributed by atoms with Crippen LogP contribution in [0.3, 0.4) is 0 Å². The van der Waals surface area contributed by atoms with Gasteiger partial charge in [-0.15, -0.1) is 0 Å². The van der Waals surface area contributed by atoms with E-state index in [0.717, 1.165) is 13.1 Å². The van der Waals surface area contributed by atoms with E-state index in [1.54, 1.807) is 0 Å². The second kappa shape index (κ2) is 4.96. The Bertz CT molecular complexity index is 240. The Hall–Kier alpha value is -0.590. The molecule has 0 saturated heterocycles. The predicted octanol–water partition coefficient (Wildman–Crippen LogP) is 1.61. The molecule has 0 heterocycles. The number of hydrogen-bond donors (Lipinski definition) is 1. The molecule has 1 N–H and O–H groups in total. The first-order valence-corrected chi connectivity index (χ1v) is 5.93. The van der Waals surface area contributed by atoms with Gasteiger partial charge in [-0.05, 0) is 46.2 Å². The molecule has 0 aromatic heterocycles. The van der Waals surface area contributed by atoms with Crippen molar-refractivity contribution >= 4 is 0 Å². The topological polar surface area (TPSA) is 39.1 Å². The third-order valence-electron chi connectivity index (χ3n) is 3.51. The molecule has 3 heteroatoms. The van der Waals surface area contributed by atoms with Crippen LogP contribution in [0, 0.1) is 17.2 Å². The molecule has 0 amide bonds. The van der Waals surface area contributed by atoms with Gasteiger partial charge in [-0.3, -0.25) is 4.90 Å². The molecule has 0 spiro atoms. The molecule has 1 aliphatic rings. The van der Waals surface area contributed by atoms with Gasteiger partial charge in [-0.25, -0.2) is 0 Å². The minimum atomic E-state index is -0.319. The van der Waals surface area contributed by atoms with Crippen LogP contribution in [0.5, 0.6) is 0 Å². The maximum absolute atomic E-state index is 9.37. The number of nitriles is 1. The Labute approximate surface area is 93.5 Å². The van der Waals surface area contributed by atoms with E-state index in [-0.39, 0.29) is 5.54 Å². The summed E-state index contributed by atoms with van der Waals surface area (Å²) in [5.74, 6) is 0.556. The third kappa shape index (κ3) is 2.70. The lowest BCUT2D eigenvalue weighted by molar-refractivity contribution is 0.174. The monoisotopic (exact) mass is 209 g/mol. The molecule has 0 aromatic carbocycles. The first-order chi connectivity index (χ1) is 7.09. The fourth-order valence-electron chi connectivity index (χ4n) is 2.15. The second-order valence-electron chi connectivity index (χ2n) is 4.76. The second-order valence-corrected chi connectivity index (χ2v) is 4.76. The van der Waals surface area contributed by atoms with Gasteiger partial charge in [-0.1, -0.05) is 6.92 Å². The van der Waals surface area contributed by atoms with E-state index in [4.69, 9.17) is 0 Å². The van der Waals surface area contributed by atoms with Crippen LogP contribution < -0.4 is 5.32 Å². The van der Waals surface area contributed by atoms with Gasteiger partial charge in [0, 0.05) is 12.6 Å². The third-order valence-corrected chi connectivity index (χ3v) is 3.51. The summed E-state index contributed by atoms with van der Waals surface area (Å²) in [5, 5.41) is 12.6. The van der Waals surface area contributed by atoms with Crippen LogP contribution in [-0.2, 0) is 0 Å². The molecule has 1 aliphatic carbocycles. The Morgan fingerprint density at radius 3 is 2.40 bits per heavy atom. The standard InChI is InChI=1S/C12H23N3/c1-5-15(10(2)3)9-12(8-13,14-4)11-6-7-11/h10-11,14H,5-7,9H2,1-4H3. The molecule has 0 radical (unpaired) electrons. The summed E-state index contributed by atoms with van der Waals surface area (Å²) in [6.07, 6.45) is 2.40. The fourth-order valence-corrected chi connectivity index (χ4v) is 2.15. The predicted molar refractivity (Wildman–Crippen MR) is 62.5 cm³/mol. The van der Waals surface area contributed by atoms with Crippen molar-refractivity contribution in [2.75, 3.05) is 20.1 Å². The fraction of sp³-hybridized carbons (Fsp3) is 0.917. The quantitative estimate of drug-likeness (QED) is 0.722. The van der Waals surface area contributed by atoms with Crippen LogP contribution >= 0.6 is 0 Å². The summed E-state index contributed by atoms with van der Waals surface area (Å²) in [7, 11) is 1.91. The van der Waals surface area contributed by atoms with Gasteiger partial charge in [-0.2, -0.15) is 5.26 Å². The van der Waals surface area contributed by atoms with Crippen molar-refractivity contribution in [1.82, 2.24) is 10.2 Å². The van der Waals surface area contributed by atoms with Crippen LogP contribution in [-0.4, -0.2) is 36.6 Å². The van der Waals surface area contributed by atoms with Crippen molar-refractivity contribution in [3.8, 4) is 6.07 Å². The maximum atomic E-state index is 9.37. The maximum Gasteiger partial charge on any atom is 0.122 e. The van der Waals surface area contributed by atoms with Gasteiger partial charge in [0.15, 0.2) is 0 Å². The highest BCUT2D eigenvalue weighted by atomic mass is 15.2. The minimum Gasteiger partial charge on any atom is -0.301 e. The first-order valence-electron chi connectivity index (χ1n) is 5.93. The van der Waals surface area contributed by atoms with E-state index >= 15 is 0 Å². The van der Waals surface area contributed by atoms with E-state index in [9.17, 15) is 5.26 Å². The average molecular weight is 209 g/mol. The van der Waals surface area contributed by atoms with E-state index in [1.807, 2.05) is 7.05 Å². The molecule has 1 saturated carbocycles. The molecule has 1 atom stereocenters. The van der Waals surface area contributed by atoms with E-state index in [1.165, 1.54) is 12.8 Å². The van der Waals surface area contributed by atoms with Crippen molar-refractivity contribution in [3.05, 3.63) is 0 Å². The Kier molecular flexibility index (Phi) is 4.12. The SMILES string of the molecule is CCN(CC(C#N)(NC)C1CC1)C(C)C. The molecular formula is C12H23N3. The van der Waals surface area contributed by atoms with E-state index in [2.05, 4.69) is 37.1 Å². The van der Waals surface area contributed by atoms with Crippen LogP contribution in [0.1, 0.15) is 33.6 Å². The van der Waals surface area contributed by atoms with Crippen molar-refractivity contribution < 1.29 is 0 Å². The Balaban J connectivity index is 2.69. The largest absolute Gasteiger partial charge is 0.301 e. The highest BCUT2D eigenvalue weighted by Gasteiger charge is 2.45. The zero-order valence-corrected chi connectivity index (χ0v) is 10.4. The van der Waals surface area contributed by atoms with Gasteiger partial charge < -0.3 is 5.32 Å². The lowest BCUT2D eigenvalue weighted by atomic mass is 9.94. The molecule has 86 valence electrons. The van der Waals surface area contributed by atoms with Gasteiger partial charge in [0.1, 0.15) is 5.54 Å². The van der Waals surface area contributed by atoms with Gasteiger partial charge in [0.2, 0.25) is 0 Å². The Morgan fingerprint density at radius 1 is 1.53 bits per heavy atom. The number of likely N-dealkylation sites (N-methyl/N-ethyl adjacent to an activating group) is 2. The average Bonchev–Trinajstić information content (AvgIpc) is 3.04. The highest BCUT2D eigenvalue weighted by molar-refractivity contribution is 5.16. The van der Waals surface area contributed by atoms with Crippen molar-refractivity contribution in [2.45, 2.75) is 45.2 Å². The number of rotatable bonds is 6. The summed E-state index contributed by atoms with van der Waals surface area (Å²) < 4.78 is 0. The molecule has 1 unspecified atom stereocenters. The van der Waals surface area contributed by atoms with Crippen LogP contribution in [0.25, 0.3) is 0 Å².